The average Bonchev–Trinajstić information content (AvgIpc) is 3.61. The number of thiazole rings is 1. The molecule has 0 atom stereocenters. The number of nitrogens with zero attached hydrogens (tertiary/aromatic N) is 4. The van der Waals surface area contributed by atoms with Crippen LogP contribution >= 0.6 is 22.7 Å². The molecule has 33 heavy (non-hydrogen) atoms. The number of carbonyl (C=O) groups excluding carboxylic acids is 1. The second kappa shape index (κ2) is 8.82. The smallest absolute Gasteiger partial charge is 0.256 e. The highest BCUT2D eigenvalue weighted by atomic mass is 32.2. The minimum atomic E-state index is -3.51. The van der Waals surface area contributed by atoms with Gasteiger partial charge in [0.15, 0.2) is 0 Å². The Labute approximate surface area is 199 Å². The van der Waals surface area contributed by atoms with E-state index < -0.39 is 10.0 Å². The molecule has 4 heterocycles. The average molecular weight is 500 g/mol. The van der Waals surface area contributed by atoms with Gasteiger partial charge >= 0.3 is 0 Å². The Kier molecular flexibility index (Phi) is 5.87. The minimum absolute atomic E-state index is 0.200. The molecule has 0 saturated carbocycles. The molecule has 0 spiro atoms. The van der Waals surface area contributed by atoms with Crippen LogP contribution in [0, 0.1) is 6.92 Å². The fraction of sp³-hybridized carbons (Fsp3) is 0.227. The molecule has 1 fully saturated rings. The molecule has 0 unspecified atom stereocenters. The Bertz CT molecular complexity index is 1380. The zero-order valence-electron chi connectivity index (χ0n) is 17.8. The van der Waals surface area contributed by atoms with E-state index in [0.29, 0.717) is 29.6 Å². The lowest BCUT2D eigenvalue weighted by Crippen LogP contribution is -2.27. The van der Waals surface area contributed by atoms with Gasteiger partial charge in [-0.05, 0) is 55.5 Å². The Morgan fingerprint density at radius 2 is 1.85 bits per heavy atom. The van der Waals surface area contributed by atoms with E-state index >= 15 is 0 Å². The third-order valence-electron chi connectivity index (χ3n) is 5.34. The number of carbonyl (C=O) groups is 1. The van der Waals surface area contributed by atoms with Gasteiger partial charge in [0, 0.05) is 30.1 Å². The molecule has 170 valence electrons. The summed E-state index contributed by atoms with van der Waals surface area (Å²) in [5, 5.41) is 12.0. The fourth-order valence-electron chi connectivity index (χ4n) is 3.68. The minimum Gasteiger partial charge on any atom is -0.306 e. The van der Waals surface area contributed by atoms with Crippen LogP contribution in [0.4, 0.5) is 5.82 Å². The summed E-state index contributed by atoms with van der Waals surface area (Å²) in [4.78, 5) is 18.8. The molecule has 0 radical (unpaired) electrons. The van der Waals surface area contributed by atoms with E-state index in [0.717, 1.165) is 29.1 Å². The second-order valence-electron chi connectivity index (χ2n) is 7.67. The lowest BCUT2D eigenvalue weighted by atomic mass is 10.2. The van der Waals surface area contributed by atoms with Gasteiger partial charge in [-0.1, -0.05) is 6.07 Å². The van der Waals surface area contributed by atoms with Crippen molar-refractivity contribution in [1.82, 2.24) is 19.1 Å². The first-order chi connectivity index (χ1) is 15.9. The fourth-order valence-corrected chi connectivity index (χ4v) is 6.74. The van der Waals surface area contributed by atoms with Crippen molar-refractivity contribution >= 4 is 44.4 Å². The molecule has 1 aliphatic rings. The van der Waals surface area contributed by atoms with Gasteiger partial charge in [0.25, 0.3) is 5.91 Å². The molecule has 0 aliphatic carbocycles. The third kappa shape index (κ3) is 4.36. The van der Waals surface area contributed by atoms with Gasteiger partial charge in [-0.25, -0.2) is 13.4 Å². The quantitative estimate of drug-likeness (QED) is 0.424. The standard InChI is InChI=1S/C22H21N5O3S3/c1-15-13-20(27(25-15)22-23-18(14-32-22)19-5-4-12-31-19)24-21(28)16-6-8-17(9-7-16)33(29,30)26-10-2-3-11-26/h4-9,12-14H,2-3,10-11H2,1H3,(H,24,28). The highest BCUT2D eigenvalue weighted by Crippen LogP contribution is 2.29. The molecule has 1 aliphatic heterocycles. The van der Waals surface area contributed by atoms with E-state index in [1.165, 1.54) is 39.9 Å². The molecular weight excluding hydrogens is 478 g/mol. The van der Waals surface area contributed by atoms with Gasteiger partial charge in [-0.3, -0.25) is 4.79 Å². The largest absolute Gasteiger partial charge is 0.306 e. The van der Waals surface area contributed by atoms with Crippen molar-refractivity contribution in [3.05, 3.63) is 64.5 Å². The Morgan fingerprint density at radius 1 is 1.09 bits per heavy atom. The van der Waals surface area contributed by atoms with Crippen LogP contribution in [0.15, 0.2) is 58.1 Å². The first kappa shape index (κ1) is 22.0. The number of amides is 1. The van der Waals surface area contributed by atoms with Crippen molar-refractivity contribution in [3.63, 3.8) is 0 Å². The third-order valence-corrected chi connectivity index (χ3v) is 8.96. The lowest BCUT2D eigenvalue weighted by Gasteiger charge is -2.15. The van der Waals surface area contributed by atoms with E-state index in [1.54, 1.807) is 22.1 Å². The molecule has 0 bridgehead atoms. The predicted molar refractivity (Wildman–Crippen MR) is 130 cm³/mol. The Balaban J connectivity index is 1.35. The van der Waals surface area contributed by atoms with Crippen LogP contribution in [0.2, 0.25) is 0 Å². The number of rotatable bonds is 6. The van der Waals surface area contributed by atoms with Crippen LogP contribution < -0.4 is 5.32 Å². The molecule has 11 heteroatoms. The Hall–Kier alpha value is -2.86. The molecule has 4 aromatic rings. The van der Waals surface area contributed by atoms with Crippen LogP contribution in [0.1, 0.15) is 28.9 Å². The maximum Gasteiger partial charge on any atom is 0.256 e. The summed E-state index contributed by atoms with van der Waals surface area (Å²) in [5.41, 5.74) is 1.97. The van der Waals surface area contributed by atoms with Crippen LogP contribution in [0.5, 0.6) is 0 Å². The number of nitrogens with one attached hydrogen (secondary N) is 1. The van der Waals surface area contributed by atoms with Crippen molar-refractivity contribution in [1.29, 1.82) is 0 Å². The normalized spacial score (nSPS) is 14.6. The maximum absolute atomic E-state index is 12.9. The zero-order chi connectivity index (χ0) is 23.0. The summed E-state index contributed by atoms with van der Waals surface area (Å²) in [5.74, 6) is 0.148. The molecule has 1 aromatic carbocycles. The number of hydrogen-bond donors (Lipinski definition) is 1. The van der Waals surface area contributed by atoms with Crippen LogP contribution in [0.3, 0.4) is 0 Å². The van der Waals surface area contributed by atoms with Gasteiger partial charge in [0.05, 0.1) is 21.2 Å². The summed E-state index contributed by atoms with van der Waals surface area (Å²) in [6.07, 6.45) is 1.75. The van der Waals surface area contributed by atoms with Gasteiger partial charge < -0.3 is 5.32 Å². The van der Waals surface area contributed by atoms with Gasteiger partial charge in [0.1, 0.15) is 5.82 Å². The molecule has 8 nitrogen and oxygen atoms in total. The topological polar surface area (TPSA) is 97.2 Å². The first-order valence-electron chi connectivity index (χ1n) is 10.4. The molecule has 3 aromatic heterocycles. The maximum atomic E-state index is 12.9. The first-order valence-corrected chi connectivity index (χ1v) is 13.6. The second-order valence-corrected chi connectivity index (χ2v) is 11.4. The molecular formula is C22H21N5O3S3. The number of aromatic nitrogens is 3. The molecule has 1 saturated heterocycles. The van der Waals surface area contributed by atoms with Crippen LogP contribution in [-0.2, 0) is 10.0 Å². The highest BCUT2D eigenvalue weighted by molar-refractivity contribution is 7.89. The highest BCUT2D eigenvalue weighted by Gasteiger charge is 2.27. The molecule has 1 amide bonds. The van der Waals surface area contributed by atoms with E-state index in [4.69, 9.17) is 0 Å². The van der Waals surface area contributed by atoms with E-state index in [-0.39, 0.29) is 10.8 Å². The van der Waals surface area contributed by atoms with Crippen molar-refractivity contribution in [3.8, 4) is 15.7 Å². The summed E-state index contributed by atoms with van der Waals surface area (Å²) >= 11 is 3.05. The SMILES string of the molecule is Cc1cc(NC(=O)c2ccc(S(=O)(=O)N3CCCC3)cc2)n(-c2nc(-c3cccs3)cs2)n1. The summed E-state index contributed by atoms with van der Waals surface area (Å²) in [7, 11) is -3.51. The Morgan fingerprint density at radius 3 is 2.55 bits per heavy atom. The summed E-state index contributed by atoms with van der Waals surface area (Å²) < 4.78 is 28.5. The van der Waals surface area contributed by atoms with Crippen molar-refractivity contribution in [2.24, 2.45) is 0 Å². The van der Waals surface area contributed by atoms with Crippen molar-refractivity contribution < 1.29 is 13.2 Å². The lowest BCUT2D eigenvalue weighted by molar-refractivity contribution is 0.102. The molecule has 1 N–H and O–H groups in total. The van der Waals surface area contributed by atoms with Crippen molar-refractivity contribution in [2.75, 3.05) is 18.4 Å². The number of hydrogen-bond acceptors (Lipinski definition) is 7. The number of thiophene rings is 1. The summed E-state index contributed by atoms with van der Waals surface area (Å²) in [6, 6.07) is 11.8. The molecule has 5 rings (SSSR count). The van der Waals surface area contributed by atoms with Gasteiger partial charge in [-0.15, -0.1) is 22.7 Å². The van der Waals surface area contributed by atoms with E-state index in [9.17, 15) is 13.2 Å². The number of sulfonamides is 1. The van der Waals surface area contributed by atoms with Gasteiger partial charge in [-0.2, -0.15) is 14.1 Å². The number of aryl methyl sites for hydroxylation is 1. The van der Waals surface area contributed by atoms with Gasteiger partial charge in [0.2, 0.25) is 15.2 Å². The van der Waals surface area contributed by atoms with E-state index in [1.807, 2.05) is 29.8 Å². The van der Waals surface area contributed by atoms with Crippen molar-refractivity contribution in [2.45, 2.75) is 24.7 Å². The monoisotopic (exact) mass is 499 g/mol. The summed E-state index contributed by atoms with van der Waals surface area (Å²) in [6.45, 7) is 2.93. The van der Waals surface area contributed by atoms with Crippen LogP contribution in [-0.4, -0.2) is 46.5 Å². The van der Waals surface area contributed by atoms with Crippen LogP contribution in [0.25, 0.3) is 15.7 Å². The number of benzene rings is 1. The number of anilines is 1. The zero-order valence-corrected chi connectivity index (χ0v) is 20.2. The van der Waals surface area contributed by atoms with E-state index in [2.05, 4.69) is 15.4 Å². The predicted octanol–water partition coefficient (Wildman–Crippen LogP) is 4.40.